The van der Waals surface area contributed by atoms with Crippen LogP contribution in [0.1, 0.15) is 25.5 Å². The SMILES string of the molecule is C[C@@H](O)[C@H](N)C(=O)N[C@@H](Cc1cnc[nH]1)C(=O)N1CCC[C@@H]1C(=O)O. The number of imidazole rings is 1. The molecule has 1 aliphatic heterocycles. The number of amides is 2. The fraction of sp³-hybridized carbons (Fsp3) is 0.600. The van der Waals surface area contributed by atoms with Crippen molar-refractivity contribution in [3.63, 3.8) is 0 Å². The first-order valence-electron chi connectivity index (χ1n) is 8.05. The molecule has 0 unspecified atom stereocenters. The molecule has 6 N–H and O–H groups in total. The molecule has 0 radical (unpaired) electrons. The first kappa shape index (κ1) is 18.9. The highest BCUT2D eigenvalue weighted by molar-refractivity contribution is 5.92. The molecule has 1 aliphatic rings. The fourth-order valence-electron chi connectivity index (χ4n) is 2.79. The van der Waals surface area contributed by atoms with Crippen LogP contribution < -0.4 is 11.1 Å². The van der Waals surface area contributed by atoms with Crippen molar-refractivity contribution >= 4 is 17.8 Å². The van der Waals surface area contributed by atoms with E-state index in [1.165, 1.54) is 24.3 Å². The number of likely N-dealkylation sites (tertiary alicyclic amines) is 1. The summed E-state index contributed by atoms with van der Waals surface area (Å²) in [5.74, 6) is -2.25. The van der Waals surface area contributed by atoms with E-state index in [1.807, 2.05) is 0 Å². The summed E-state index contributed by atoms with van der Waals surface area (Å²) in [6.07, 6.45) is 2.94. The van der Waals surface area contributed by atoms with E-state index in [9.17, 15) is 24.6 Å². The van der Waals surface area contributed by atoms with Crippen molar-refractivity contribution in [3.8, 4) is 0 Å². The molecule has 0 spiro atoms. The Morgan fingerprint density at radius 2 is 2.24 bits per heavy atom. The second kappa shape index (κ2) is 8.08. The van der Waals surface area contributed by atoms with E-state index in [0.29, 0.717) is 25.1 Å². The summed E-state index contributed by atoms with van der Waals surface area (Å²) in [4.78, 5) is 44.3. The van der Waals surface area contributed by atoms with Crippen LogP contribution in [0.2, 0.25) is 0 Å². The average Bonchev–Trinajstić information content (AvgIpc) is 3.23. The van der Waals surface area contributed by atoms with Crippen LogP contribution in [0.5, 0.6) is 0 Å². The molecular weight excluding hydrogens is 330 g/mol. The standard InChI is InChI=1S/C15H23N5O5/c1-8(21)12(16)13(22)19-10(5-9-6-17-7-18-9)14(23)20-4-2-3-11(20)15(24)25/h6-8,10-12,21H,2-5,16H2,1H3,(H,17,18)(H,19,22)(H,24,25)/t8-,10+,11-,12+/m1/s1. The van der Waals surface area contributed by atoms with Crippen LogP contribution in [0.3, 0.4) is 0 Å². The molecule has 1 saturated heterocycles. The van der Waals surface area contributed by atoms with Gasteiger partial charge >= 0.3 is 5.97 Å². The molecule has 0 bridgehead atoms. The van der Waals surface area contributed by atoms with Gasteiger partial charge in [0.2, 0.25) is 11.8 Å². The number of aliphatic hydroxyl groups excluding tert-OH is 1. The lowest BCUT2D eigenvalue weighted by Gasteiger charge is -2.28. The molecule has 0 saturated carbocycles. The highest BCUT2D eigenvalue weighted by atomic mass is 16.4. The van der Waals surface area contributed by atoms with Gasteiger partial charge in [-0.15, -0.1) is 0 Å². The Morgan fingerprint density at radius 1 is 1.52 bits per heavy atom. The molecular formula is C15H23N5O5. The van der Waals surface area contributed by atoms with E-state index in [1.54, 1.807) is 0 Å². The van der Waals surface area contributed by atoms with E-state index < -0.39 is 42.0 Å². The lowest BCUT2D eigenvalue weighted by atomic mass is 10.1. The molecule has 2 amide bonds. The number of aromatic nitrogens is 2. The number of nitrogens with zero attached hydrogens (tertiary/aromatic N) is 2. The van der Waals surface area contributed by atoms with Gasteiger partial charge in [0.25, 0.3) is 0 Å². The zero-order valence-corrected chi connectivity index (χ0v) is 13.9. The minimum atomic E-state index is -1.19. The summed E-state index contributed by atoms with van der Waals surface area (Å²) in [7, 11) is 0. The maximum Gasteiger partial charge on any atom is 0.326 e. The van der Waals surface area contributed by atoms with Crippen molar-refractivity contribution in [1.82, 2.24) is 20.2 Å². The first-order chi connectivity index (χ1) is 11.8. The Balaban J connectivity index is 2.17. The van der Waals surface area contributed by atoms with Crippen molar-refractivity contribution in [2.45, 2.75) is 50.4 Å². The molecule has 138 valence electrons. The monoisotopic (exact) mass is 353 g/mol. The Labute approximate surface area is 144 Å². The fourth-order valence-corrected chi connectivity index (χ4v) is 2.79. The van der Waals surface area contributed by atoms with Gasteiger partial charge in [0, 0.05) is 24.9 Å². The number of H-pyrrole nitrogens is 1. The van der Waals surface area contributed by atoms with Crippen LogP contribution >= 0.6 is 0 Å². The van der Waals surface area contributed by atoms with E-state index in [-0.39, 0.29) is 6.42 Å². The van der Waals surface area contributed by atoms with Crippen LogP contribution in [-0.4, -0.2) is 73.6 Å². The number of hydrogen-bond donors (Lipinski definition) is 5. The van der Waals surface area contributed by atoms with Crippen molar-refractivity contribution in [2.75, 3.05) is 6.54 Å². The third-order valence-corrected chi connectivity index (χ3v) is 4.24. The van der Waals surface area contributed by atoms with Gasteiger partial charge in [-0.25, -0.2) is 9.78 Å². The van der Waals surface area contributed by atoms with E-state index in [4.69, 9.17) is 5.73 Å². The molecule has 0 aromatic carbocycles. The number of aliphatic hydroxyl groups is 1. The molecule has 1 aromatic rings. The number of hydrogen-bond acceptors (Lipinski definition) is 6. The molecule has 1 fully saturated rings. The number of nitrogens with two attached hydrogens (primary N) is 1. The third kappa shape index (κ3) is 4.54. The van der Waals surface area contributed by atoms with Crippen molar-refractivity contribution in [1.29, 1.82) is 0 Å². The van der Waals surface area contributed by atoms with Crippen LogP contribution in [0, 0.1) is 0 Å². The molecule has 2 heterocycles. The minimum Gasteiger partial charge on any atom is -0.480 e. The molecule has 10 heteroatoms. The molecule has 1 aromatic heterocycles. The highest BCUT2D eigenvalue weighted by Gasteiger charge is 2.38. The second-order valence-corrected chi connectivity index (χ2v) is 6.14. The topological polar surface area (TPSA) is 162 Å². The molecule has 4 atom stereocenters. The first-order valence-corrected chi connectivity index (χ1v) is 8.05. The van der Waals surface area contributed by atoms with Crippen molar-refractivity contribution in [3.05, 3.63) is 18.2 Å². The van der Waals surface area contributed by atoms with Gasteiger partial charge in [-0.1, -0.05) is 0 Å². The quantitative estimate of drug-likeness (QED) is 0.387. The number of carboxylic acid groups (broad SMARTS) is 1. The number of aromatic amines is 1. The van der Waals surface area contributed by atoms with Crippen LogP contribution in [0.15, 0.2) is 12.5 Å². The van der Waals surface area contributed by atoms with Gasteiger partial charge in [0.15, 0.2) is 0 Å². The normalized spacial score (nSPS) is 20.8. The van der Waals surface area contributed by atoms with E-state index >= 15 is 0 Å². The molecule has 25 heavy (non-hydrogen) atoms. The van der Waals surface area contributed by atoms with Crippen LogP contribution in [0.4, 0.5) is 0 Å². The van der Waals surface area contributed by atoms with Gasteiger partial charge in [-0.3, -0.25) is 9.59 Å². The maximum absolute atomic E-state index is 12.8. The molecule has 2 rings (SSSR count). The Morgan fingerprint density at radius 3 is 2.80 bits per heavy atom. The van der Waals surface area contributed by atoms with Gasteiger partial charge in [-0.2, -0.15) is 0 Å². The zero-order chi connectivity index (χ0) is 18.6. The van der Waals surface area contributed by atoms with Gasteiger partial charge in [0.1, 0.15) is 18.1 Å². The Hall–Kier alpha value is -2.46. The molecule has 0 aliphatic carbocycles. The van der Waals surface area contributed by atoms with Crippen molar-refractivity contribution in [2.24, 2.45) is 5.73 Å². The zero-order valence-electron chi connectivity index (χ0n) is 13.9. The van der Waals surface area contributed by atoms with Gasteiger partial charge in [0.05, 0.1) is 12.4 Å². The lowest BCUT2D eigenvalue weighted by molar-refractivity contribution is -0.149. The summed E-state index contributed by atoms with van der Waals surface area (Å²) in [5.41, 5.74) is 6.22. The van der Waals surface area contributed by atoms with E-state index in [0.717, 1.165) is 0 Å². The van der Waals surface area contributed by atoms with E-state index in [2.05, 4.69) is 15.3 Å². The van der Waals surface area contributed by atoms with Gasteiger partial charge in [-0.05, 0) is 19.8 Å². The number of carbonyl (C=O) groups is 3. The predicted molar refractivity (Wildman–Crippen MR) is 86.2 cm³/mol. The number of rotatable bonds is 7. The number of carbonyl (C=O) groups excluding carboxylic acids is 2. The smallest absolute Gasteiger partial charge is 0.326 e. The molecule has 10 nitrogen and oxygen atoms in total. The number of nitrogens with one attached hydrogen (secondary N) is 2. The number of carboxylic acids is 1. The predicted octanol–water partition coefficient (Wildman–Crippen LogP) is -1.78. The largest absolute Gasteiger partial charge is 0.480 e. The minimum absolute atomic E-state index is 0.111. The van der Waals surface area contributed by atoms with Gasteiger partial charge < -0.3 is 31.1 Å². The lowest BCUT2D eigenvalue weighted by Crippen LogP contribution is -2.57. The Bertz CT molecular complexity index is 618. The summed E-state index contributed by atoms with van der Waals surface area (Å²) >= 11 is 0. The second-order valence-electron chi connectivity index (χ2n) is 6.14. The number of aliphatic carboxylic acids is 1. The van der Waals surface area contributed by atoms with Crippen LogP contribution in [0.25, 0.3) is 0 Å². The average molecular weight is 353 g/mol. The Kier molecular flexibility index (Phi) is 6.10. The highest BCUT2D eigenvalue weighted by Crippen LogP contribution is 2.19. The summed E-state index contributed by atoms with van der Waals surface area (Å²) in [6, 6.07) is -3.09. The van der Waals surface area contributed by atoms with Crippen molar-refractivity contribution < 1.29 is 24.6 Å². The van der Waals surface area contributed by atoms with Crippen LogP contribution in [-0.2, 0) is 20.8 Å². The summed E-state index contributed by atoms with van der Waals surface area (Å²) in [6.45, 7) is 1.69. The summed E-state index contributed by atoms with van der Waals surface area (Å²) < 4.78 is 0. The maximum atomic E-state index is 12.8. The summed E-state index contributed by atoms with van der Waals surface area (Å²) in [5, 5.41) is 21.2. The third-order valence-electron chi connectivity index (χ3n) is 4.24.